The molecule has 1 aliphatic heterocycles. The number of piperazine rings is 1. The van der Waals surface area contributed by atoms with Crippen LogP contribution >= 0.6 is 11.3 Å². The lowest BCUT2D eigenvalue weighted by molar-refractivity contribution is -0.117. The summed E-state index contributed by atoms with van der Waals surface area (Å²) in [6.45, 7) is 4.57. The van der Waals surface area contributed by atoms with Crippen LogP contribution in [0.25, 0.3) is 0 Å². The first-order valence-corrected chi connectivity index (χ1v) is 8.52. The van der Waals surface area contributed by atoms with Crippen LogP contribution in [-0.2, 0) is 14.3 Å². The van der Waals surface area contributed by atoms with Crippen LogP contribution in [0, 0.1) is 0 Å². The van der Waals surface area contributed by atoms with E-state index < -0.39 is 5.97 Å². The number of carbonyl (C=O) groups excluding carboxylic acids is 3. The smallest absolute Gasteiger partial charge is 0.409 e. The van der Waals surface area contributed by atoms with Crippen molar-refractivity contribution in [2.24, 2.45) is 0 Å². The maximum absolute atomic E-state index is 12.2. The monoisotopic (exact) mass is 355 g/mol. The van der Waals surface area contributed by atoms with Crippen molar-refractivity contribution in [2.45, 2.75) is 6.92 Å². The standard InChI is InChI=1S/C15H21N3O5S/c1-3-23-15(21)18-7-5-17(6-8-18)10-12(19)16-11-4-9-24-13(11)14(20)22-2/h4,9H,3,5-8,10H2,1-2H3,(H,16,19). The van der Waals surface area contributed by atoms with Crippen molar-refractivity contribution < 1.29 is 23.9 Å². The minimum absolute atomic E-state index is 0.202. The number of thiophene rings is 1. The van der Waals surface area contributed by atoms with E-state index in [-0.39, 0.29) is 18.5 Å². The number of hydrogen-bond donors (Lipinski definition) is 1. The van der Waals surface area contributed by atoms with Gasteiger partial charge in [-0.15, -0.1) is 11.3 Å². The van der Waals surface area contributed by atoms with E-state index >= 15 is 0 Å². The number of ether oxygens (including phenoxy) is 2. The molecule has 1 N–H and O–H groups in total. The lowest BCUT2D eigenvalue weighted by Crippen LogP contribution is -2.50. The summed E-state index contributed by atoms with van der Waals surface area (Å²) in [6, 6.07) is 1.67. The van der Waals surface area contributed by atoms with Gasteiger partial charge in [0.2, 0.25) is 5.91 Å². The summed E-state index contributed by atoms with van der Waals surface area (Å²) in [5.41, 5.74) is 0.460. The highest BCUT2D eigenvalue weighted by molar-refractivity contribution is 7.12. The highest BCUT2D eigenvalue weighted by atomic mass is 32.1. The SMILES string of the molecule is CCOC(=O)N1CCN(CC(=O)Nc2ccsc2C(=O)OC)CC1. The lowest BCUT2D eigenvalue weighted by atomic mass is 10.3. The van der Waals surface area contributed by atoms with E-state index in [1.165, 1.54) is 18.4 Å². The third-order valence-corrected chi connectivity index (χ3v) is 4.47. The van der Waals surface area contributed by atoms with Gasteiger partial charge >= 0.3 is 12.1 Å². The van der Waals surface area contributed by atoms with Crippen LogP contribution in [0.5, 0.6) is 0 Å². The molecule has 2 rings (SSSR count). The molecule has 0 unspecified atom stereocenters. The molecule has 24 heavy (non-hydrogen) atoms. The van der Waals surface area contributed by atoms with Crippen molar-refractivity contribution in [1.82, 2.24) is 9.80 Å². The Balaban J connectivity index is 1.81. The van der Waals surface area contributed by atoms with Gasteiger partial charge in [0.25, 0.3) is 0 Å². The van der Waals surface area contributed by atoms with Gasteiger partial charge in [0.05, 0.1) is 25.9 Å². The summed E-state index contributed by atoms with van der Waals surface area (Å²) >= 11 is 1.22. The van der Waals surface area contributed by atoms with Crippen LogP contribution in [0.1, 0.15) is 16.6 Å². The van der Waals surface area contributed by atoms with Crippen molar-refractivity contribution in [2.75, 3.05) is 51.8 Å². The quantitative estimate of drug-likeness (QED) is 0.800. The molecular weight excluding hydrogens is 334 g/mol. The fourth-order valence-electron chi connectivity index (χ4n) is 2.35. The highest BCUT2D eigenvalue weighted by Gasteiger charge is 2.23. The van der Waals surface area contributed by atoms with Crippen molar-refractivity contribution in [3.63, 3.8) is 0 Å². The van der Waals surface area contributed by atoms with Gasteiger partial charge in [-0.25, -0.2) is 9.59 Å². The van der Waals surface area contributed by atoms with E-state index in [4.69, 9.17) is 4.74 Å². The number of amides is 2. The highest BCUT2D eigenvalue weighted by Crippen LogP contribution is 2.23. The average molecular weight is 355 g/mol. The molecule has 8 nitrogen and oxygen atoms in total. The second-order valence-corrected chi connectivity index (χ2v) is 6.08. The van der Waals surface area contributed by atoms with E-state index in [2.05, 4.69) is 10.1 Å². The second kappa shape index (κ2) is 8.65. The van der Waals surface area contributed by atoms with Gasteiger partial charge in [-0.05, 0) is 18.4 Å². The molecule has 2 amide bonds. The maximum atomic E-state index is 12.2. The van der Waals surface area contributed by atoms with Crippen LogP contribution in [0.2, 0.25) is 0 Å². The molecular formula is C15H21N3O5S. The van der Waals surface area contributed by atoms with Gasteiger partial charge < -0.3 is 19.7 Å². The molecule has 1 aromatic heterocycles. The third-order valence-electron chi connectivity index (χ3n) is 3.58. The molecule has 0 aromatic carbocycles. The molecule has 0 atom stereocenters. The summed E-state index contributed by atoms with van der Waals surface area (Å²) in [5, 5.41) is 4.45. The summed E-state index contributed by atoms with van der Waals surface area (Å²) < 4.78 is 9.64. The van der Waals surface area contributed by atoms with Gasteiger partial charge in [-0.2, -0.15) is 0 Å². The Morgan fingerprint density at radius 3 is 2.58 bits per heavy atom. The average Bonchev–Trinajstić information content (AvgIpc) is 3.03. The molecule has 1 fully saturated rings. The van der Waals surface area contributed by atoms with E-state index in [1.54, 1.807) is 23.3 Å². The molecule has 0 bridgehead atoms. The van der Waals surface area contributed by atoms with Gasteiger partial charge in [0, 0.05) is 26.2 Å². The van der Waals surface area contributed by atoms with Gasteiger partial charge in [0.1, 0.15) is 4.88 Å². The fourth-order valence-corrected chi connectivity index (χ4v) is 3.12. The molecule has 9 heteroatoms. The van der Waals surface area contributed by atoms with Crippen LogP contribution in [0.3, 0.4) is 0 Å². The van der Waals surface area contributed by atoms with Crippen molar-refractivity contribution in [3.05, 3.63) is 16.3 Å². The van der Waals surface area contributed by atoms with Crippen LogP contribution < -0.4 is 5.32 Å². The van der Waals surface area contributed by atoms with Gasteiger partial charge in [-0.1, -0.05) is 0 Å². The van der Waals surface area contributed by atoms with Crippen LogP contribution in [0.15, 0.2) is 11.4 Å². The van der Waals surface area contributed by atoms with E-state index in [9.17, 15) is 14.4 Å². The molecule has 1 saturated heterocycles. The first-order valence-electron chi connectivity index (χ1n) is 7.64. The lowest BCUT2D eigenvalue weighted by Gasteiger charge is -2.33. The van der Waals surface area contributed by atoms with Crippen LogP contribution in [-0.4, -0.2) is 74.2 Å². The van der Waals surface area contributed by atoms with E-state index in [1.807, 2.05) is 4.90 Å². The normalized spacial score (nSPS) is 15.0. The Morgan fingerprint density at radius 2 is 1.96 bits per heavy atom. The largest absolute Gasteiger partial charge is 0.465 e. The molecule has 0 spiro atoms. The van der Waals surface area contributed by atoms with Crippen molar-refractivity contribution in [3.8, 4) is 0 Å². The number of methoxy groups -OCH3 is 1. The number of esters is 1. The van der Waals surface area contributed by atoms with E-state index in [0.717, 1.165) is 0 Å². The summed E-state index contributed by atoms with van der Waals surface area (Å²) in [4.78, 5) is 39.3. The number of rotatable bonds is 5. The topological polar surface area (TPSA) is 88.2 Å². The van der Waals surface area contributed by atoms with Crippen LogP contribution in [0.4, 0.5) is 10.5 Å². The molecule has 2 heterocycles. The van der Waals surface area contributed by atoms with Gasteiger partial charge in [0.15, 0.2) is 0 Å². The first-order chi connectivity index (χ1) is 11.5. The minimum atomic E-state index is -0.469. The predicted octanol–water partition coefficient (Wildman–Crippen LogP) is 1.25. The van der Waals surface area contributed by atoms with Gasteiger partial charge in [-0.3, -0.25) is 9.69 Å². The molecule has 132 valence electrons. The Morgan fingerprint density at radius 1 is 1.25 bits per heavy atom. The summed E-state index contributed by atoms with van der Waals surface area (Å²) in [5.74, 6) is -0.675. The van der Waals surface area contributed by atoms with Crippen molar-refractivity contribution in [1.29, 1.82) is 0 Å². The predicted molar refractivity (Wildman–Crippen MR) is 89.3 cm³/mol. The molecule has 1 aliphatic rings. The zero-order valence-electron chi connectivity index (χ0n) is 13.7. The number of anilines is 1. The minimum Gasteiger partial charge on any atom is -0.465 e. The number of hydrogen-bond acceptors (Lipinski definition) is 7. The Hall–Kier alpha value is -2.13. The Labute approximate surface area is 144 Å². The van der Waals surface area contributed by atoms with Crippen molar-refractivity contribution >= 4 is 35.0 Å². The molecule has 1 aromatic rings. The maximum Gasteiger partial charge on any atom is 0.409 e. The molecule has 0 saturated carbocycles. The zero-order chi connectivity index (χ0) is 17.5. The molecule has 0 aliphatic carbocycles. The fraction of sp³-hybridized carbons (Fsp3) is 0.533. The molecule has 0 radical (unpaired) electrons. The zero-order valence-corrected chi connectivity index (χ0v) is 14.6. The first kappa shape index (κ1) is 18.2. The number of carbonyl (C=O) groups is 3. The van der Waals surface area contributed by atoms with E-state index in [0.29, 0.717) is 43.4 Å². The number of nitrogens with one attached hydrogen (secondary N) is 1. The summed E-state index contributed by atoms with van der Waals surface area (Å²) in [6.07, 6.45) is -0.317. The Kier molecular flexibility index (Phi) is 6.56. The second-order valence-electron chi connectivity index (χ2n) is 5.17. The number of nitrogens with zero attached hydrogens (tertiary/aromatic N) is 2. The third kappa shape index (κ3) is 4.68. The Bertz CT molecular complexity index is 596. The summed E-state index contributed by atoms with van der Waals surface area (Å²) in [7, 11) is 1.30.